The Bertz CT molecular complexity index is 617. The van der Waals surface area contributed by atoms with E-state index in [1.54, 1.807) is 12.1 Å². The second-order valence-electron chi connectivity index (χ2n) is 3.90. The van der Waals surface area contributed by atoms with Gasteiger partial charge in [0, 0.05) is 0 Å². The second kappa shape index (κ2) is 6.84. The highest BCUT2D eigenvalue weighted by atomic mass is 35.5. The van der Waals surface area contributed by atoms with Crippen LogP contribution < -0.4 is 10.1 Å². The number of nitrogens with one attached hydrogen (secondary N) is 1. The van der Waals surface area contributed by atoms with E-state index in [2.05, 4.69) is 5.32 Å². The minimum absolute atomic E-state index is 0.124. The van der Waals surface area contributed by atoms with Gasteiger partial charge in [-0.2, -0.15) is 0 Å². The molecule has 3 nitrogen and oxygen atoms in total. The molecule has 0 atom stereocenters. The summed E-state index contributed by atoms with van der Waals surface area (Å²) in [5.74, 6) is 0.275. The maximum Gasteiger partial charge on any atom is 0.262 e. The van der Waals surface area contributed by atoms with Gasteiger partial charge in [-0.25, -0.2) is 0 Å². The molecule has 6 heteroatoms. The van der Waals surface area contributed by atoms with E-state index in [9.17, 15) is 4.79 Å². The lowest BCUT2D eigenvalue weighted by molar-refractivity contribution is -0.118. The summed E-state index contributed by atoms with van der Waals surface area (Å²) in [6.07, 6.45) is 0. The van der Waals surface area contributed by atoms with Crippen LogP contribution >= 0.6 is 34.8 Å². The average molecular weight is 331 g/mol. The first kappa shape index (κ1) is 15.0. The Balaban J connectivity index is 1.97. The van der Waals surface area contributed by atoms with E-state index in [-0.39, 0.29) is 12.5 Å². The van der Waals surface area contributed by atoms with Crippen molar-refractivity contribution in [2.45, 2.75) is 0 Å². The van der Waals surface area contributed by atoms with Crippen LogP contribution in [0.3, 0.4) is 0 Å². The molecule has 1 N–H and O–H groups in total. The quantitative estimate of drug-likeness (QED) is 0.828. The zero-order chi connectivity index (χ0) is 14.5. The van der Waals surface area contributed by atoms with E-state index in [1.807, 2.05) is 18.2 Å². The van der Waals surface area contributed by atoms with Crippen molar-refractivity contribution in [3.05, 3.63) is 57.5 Å². The lowest BCUT2D eigenvalue weighted by Gasteiger charge is -2.09. The molecule has 0 saturated carbocycles. The van der Waals surface area contributed by atoms with E-state index in [1.165, 1.54) is 12.1 Å². The van der Waals surface area contributed by atoms with Crippen molar-refractivity contribution in [2.75, 3.05) is 11.9 Å². The smallest absolute Gasteiger partial charge is 0.262 e. The summed E-state index contributed by atoms with van der Waals surface area (Å²) in [5, 5.41) is 3.57. The lowest BCUT2D eigenvalue weighted by atomic mass is 10.3. The van der Waals surface area contributed by atoms with Crippen molar-refractivity contribution in [3.8, 4) is 5.75 Å². The van der Waals surface area contributed by atoms with Crippen LogP contribution in [-0.4, -0.2) is 12.5 Å². The number of ether oxygens (including phenoxy) is 1. The molecule has 0 aliphatic heterocycles. The molecule has 2 rings (SSSR count). The normalized spacial score (nSPS) is 10.2. The van der Waals surface area contributed by atoms with Crippen molar-refractivity contribution in [2.24, 2.45) is 0 Å². The number of anilines is 1. The number of hydrogen-bond acceptors (Lipinski definition) is 2. The van der Waals surface area contributed by atoms with Crippen LogP contribution in [0.15, 0.2) is 42.5 Å². The zero-order valence-electron chi connectivity index (χ0n) is 10.2. The standard InChI is InChI=1S/C14H10Cl3NO2/c15-10-6-12(17)13(7-11(10)16)18-14(19)8-20-9-4-2-1-3-5-9/h1-7H,8H2,(H,18,19). The van der Waals surface area contributed by atoms with E-state index in [0.717, 1.165) is 0 Å². The lowest BCUT2D eigenvalue weighted by Crippen LogP contribution is -2.20. The van der Waals surface area contributed by atoms with Gasteiger partial charge in [0.1, 0.15) is 5.75 Å². The van der Waals surface area contributed by atoms with Gasteiger partial charge in [0.2, 0.25) is 0 Å². The molecular formula is C14H10Cl3NO2. The highest BCUT2D eigenvalue weighted by Crippen LogP contribution is 2.32. The Morgan fingerprint density at radius 2 is 1.65 bits per heavy atom. The molecular weight excluding hydrogens is 321 g/mol. The van der Waals surface area contributed by atoms with E-state index < -0.39 is 0 Å². The van der Waals surface area contributed by atoms with Crippen LogP contribution in [0.1, 0.15) is 0 Å². The summed E-state index contributed by atoms with van der Waals surface area (Å²) in [5.41, 5.74) is 0.391. The summed E-state index contributed by atoms with van der Waals surface area (Å²) in [6.45, 7) is -0.124. The molecule has 0 heterocycles. The molecule has 1 amide bonds. The average Bonchev–Trinajstić information content (AvgIpc) is 2.44. The summed E-state index contributed by atoms with van der Waals surface area (Å²) in [4.78, 5) is 11.8. The first-order chi connectivity index (χ1) is 9.56. The molecule has 0 aromatic heterocycles. The number of hydrogen-bond donors (Lipinski definition) is 1. The Morgan fingerprint density at radius 3 is 2.35 bits per heavy atom. The molecule has 0 aliphatic carbocycles. The van der Waals surface area contributed by atoms with Gasteiger partial charge >= 0.3 is 0 Å². The van der Waals surface area contributed by atoms with Crippen LogP contribution in [0.25, 0.3) is 0 Å². The maximum absolute atomic E-state index is 11.8. The summed E-state index contributed by atoms with van der Waals surface area (Å²) >= 11 is 17.6. The molecule has 2 aromatic carbocycles. The van der Waals surface area contributed by atoms with Crippen LogP contribution in [-0.2, 0) is 4.79 Å². The number of amides is 1. The van der Waals surface area contributed by atoms with Gasteiger partial charge in [-0.15, -0.1) is 0 Å². The van der Waals surface area contributed by atoms with Crippen LogP contribution in [0.4, 0.5) is 5.69 Å². The largest absolute Gasteiger partial charge is 0.484 e. The van der Waals surface area contributed by atoms with Gasteiger partial charge in [0.15, 0.2) is 6.61 Å². The van der Waals surface area contributed by atoms with Crippen molar-refractivity contribution in [1.82, 2.24) is 0 Å². The first-order valence-corrected chi connectivity index (χ1v) is 6.82. The topological polar surface area (TPSA) is 38.3 Å². The van der Waals surface area contributed by atoms with Crippen LogP contribution in [0.2, 0.25) is 15.1 Å². The fourth-order valence-electron chi connectivity index (χ4n) is 1.47. The Kier molecular flexibility index (Phi) is 5.12. The number of rotatable bonds is 4. The Labute approximate surface area is 131 Å². The molecule has 0 fully saturated rings. The van der Waals surface area contributed by atoms with E-state index in [0.29, 0.717) is 26.5 Å². The molecule has 0 bridgehead atoms. The van der Waals surface area contributed by atoms with Crippen molar-refractivity contribution >= 4 is 46.4 Å². The molecule has 0 saturated heterocycles. The molecule has 0 unspecified atom stereocenters. The molecule has 0 aliphatic rings. The predicted molar refractivity (Wildman–Crippen MR) is 82.0 cm³/mol. The minimum Gasteiger partial charge on any atom is -0.484 e. The molecule has 0 radical (unpaired) electrons. The van der Waals surface area contributed by atoms with Gasteiger partial charge in [0.25, 0.3) is 5.91 Å². The second-order valence-corrected chi connectivity index (χ2v) is 5.12. The fraction of sp³-hybridized carbons (Fsp3) is 0.0714. The minimum atomic E-state index is -0.339. The third-order valence-electron chi connectivity index (χ3n) is 2.40. The van der Waals surface area contributed by atoms with Gasteiger partial charge in [-0.05, 0) is 24.3 Å². The van der Waals surface area contributed by atoms with Crippen molar-refractivity contribution in [3.63, 3.8) is 0 Å². The molecule has 104 valence electrons. The third kappa shape index (κ3) is 4.04. The maximum atomic E-state index is 11.8. The first-order valence-electron chi connectivity index (χ1n) is 5.68. The molecule has 20 heavy (non-hydrogen) atoms. The number of benzene rings is 2. The molecule has 2 aromatic rings. The van der Waals surface area contributed by atoms with Crippen molar-refractivity contribution in [1.29, 1.82) is 0 Å². The van der Waals surface area contributed by atoms with Crippen LogP contribution in [0.5, 0.6) is 5.75 Å². The SMILES string of the molecule is O=C(COc1ccccc1)Nc1cc(Cl)c(Cl)cc1Cl. The number of para-hydroxylation sites is 1. The van der Waals surface area contributed by atoms with Gasteiger partial charge < -0.3 is 10.1 Å². The number of halogens is 3. The number of carbonyl (C=O) groups is 1. The van der Waals surface area contributed by atoms with Gasteiger partial charge in [-0.3, -0.25) is 4.79 Å². The highest BCUT2D eigenvalue weighted by molar-refractivity contribution is 6.44. The van der Waals surface area contributed by atoms with Gasteiger partial charge in [0.05, 0.1) is 20.8 Å². The third-order valence-corrected chi connectivity index (χ3v) is 3.43. The van der Waals surface area contributed by atoms with Crippen LogP contribution in [0, 0.1) is 0 Å². The zero-order valence-corrected chi connectivity index (χ0v) is 12.5. The Hall–Kier alpha value is -1.42. The summed E-state index contributed by atoms with van der Waals surface area (Å²) < 4.78 is 5.32. The Morgan fingerprint density at radius 1 is 1.00 bits per heavy atom. The molecule has 0 spiro atoms. The summed E-state index contributed by atoms with van der Waals surface area (Å²) in [6, 6.07) is 12.0. The highest BCUT2D eigenvalue weighted by Gasteiger charge is 2.09. The fourth-order valence-corrected chi connectivity index (χ4v) is 2.06. The van der Waals surface area contributed by atoms with E-state index in [4.69, 9.17) is 39.5 Å². The predicted octanol–water partition coefficient (Wildman–Crippen LogP) is 4.66. The van der Waals surface area contributed by atoms with Gasteiger partial charge in [-0.1, -0.05) is 53.0 Å². The summed E-state index contributed by atoms with van der Waals surface area (Å²) in [7, 11) is 0. The van der Waals surface area contributed by atoms with Crippen molar-refractivity contribution < 1.29 is 9.53 Å². The monoisotopic (exact) mass is 329 g/mol. The number of carbonyl (C=O) groups excluding carboxylic acids is 1. The van der Waals surface area contributed by atoms with E-state index >= 15 is 0 Å².